The van der Waals surface area contributed by atoms with E-state index < -0.39 is 11.8 Å². The maximum atomic E-state index is 13.8. The summed E-state index contributed by atoms with van der Waals surface area (Å²) in [6.07, 6.45) is 2.46. The lowest BCUT2D eigenvalue weighted by molar-refractivity contribution is 0.0696. The summed E-state index contributed by atoms with van der Waals surface area (Å²) < 4.78 is 19.2. The van der Waals surface area contributed by atoms with Crippen molar-refractivity contribution in [2.45, 2.75) is 12.8 Å². The maximum Gasteiger partial charge on any atom is 0.337 e. The molecular formula is C14H18FNO3. The average molecular weight is 267 g/mol. The van der Waals surface area contributed by atoms with E-state index in [1.54, 1.807) is 11.9 Å². The van der Waals surface area contributed by atoms with Gasteiger partial charge >= 0.3 is 5.97 Å². The molecule has 5 heteroatoms. The summed E-state index contributed by atoms with van der Waals surface area (Å²) in [5.41, 5.74) is 0.0923. The summed E-state index contributed by atoms with van der Waals surface area (Å²) in [5.74, 6) is -0.960. The number of hydrogen-bond acceptors (Lipinski definition) is 3. The molecule has 1 aromatic rings. The van der Waals surface area contributed by atoms with Crippen LogP contribution in [-0.2, 0) is 4.74 Å². The van der Waals surface area contributed by atoms with Gasteiger partial charge in [-0.3, -0.25) is 0 Å². The Morgan fingerprint density at radius 1 is 1.53 bits per heavy atom. The van der Waals surface area contributed by atoms with E-state index in [9.17, 15) is 9.18 Å². The average Bonchev–Trinajstić information content (AvgIpc) is 3.18. The van der Waals surface area contributed by atoms with Gasteiger partial charge < -0.3 is 14.7 Å². The van der Waals surface area contributed by atoms with Gasteiger partial charge in [-0.05, 0) is 30.9 Å². The zero-order valence-corrected chi connectivity index (χ0v) is 10.9. The van der Waals surface area contributed by atoms with Crippen molar-refractivity contribution in [3.63, 3.8) is 0 Å². The lowest BCUT2D eigenvalue weighted by Gasteiger charge is -2.21. The molecule has 0 aliphatic heterocycles. The number of hydrogen-bond donors (Lipinski definition) is 1. The van der Waals surface area contributed by atoms with Gasteiger partial charge in [0, 0.05) is 20.2 Å². The molecule has 2 rings (SSSR count). The molecule has 104 valence electrons. The maximum absolute atomic E-state index is 13.8. The van der Waals surface area contributed by atoms with Crippen molar-refractivity contribution < 1.29 is 19.0 Å². The molecule has 19 heavy (non-hydrogen) atoms. The number of carboxylic acids is 1. The van der Waals surface area contributed by atoms with E-state index in [-0.39, 0.29) is 11.3 Å². The van der Waals surface area contributed by atoms with Crippen LogP contribution in [0.3, 0.4) is 0 Å². The summed E-state index contributed by atoms with van der Waals surface area (Å²) in [4.78, 5) is 12.7. The van der Waals surface area contributed by atoms with Crippen LogP contribution < -0.4 is 4.90 Å². The van der Waals surface area contributed by atoms with Crippen LogP contribution in [0, 0.1) is 11.7 Å². The molecule has 1 aromatic carbocycles. The quantitative estimate of drug-likeness (QED) is 0.771. The molecule has 0 bridgehead atoms. The highest BCUT2D eigenvalue weighted by atomic mass is 19.1. The number of anilines is 1. The van der Waals surface area contributed by atoms with E-state index in [1.807, 2.05) is 0 Å². The van der Waals surface area contributed by atoms with Crippen molar-refractivity contribution in [2.24, 2.45) is 5.92 Å². The molecular weight excluding hydrogens is 249 g/mol. The van der Waals surface area contributed by atoms with Crippen LogP contribution in [0.15, 0.2) is 18.2 Å². The highest BCUT2D eigenvalue weighted by Crippen LogP contribution is 2.28. The third-order valence-corrected chi connectivity index (χ3v) is 3.22. The van der Waals surface area contributed by atoms with E-state index >= 15 is 0 Å². The van der Waals surface area contributed by atoms with Crippen molar-refractivity contribution in [1.29, 1.82) is 0 Å². The predicted octanol–water partition coefficient (Wildman–Crippen LogP) is 2.39. The molecule has 0 saturated heterocycles. The summed E-state index contributed by atoms with van der Waals surface area (Å²) in [5, 5.41) is 9.07. The standard InChI is InChI=1S/C14H18FNO3/c1-16(7-8-19-9-10-5-6-10)13-11(14(17)18)3-2-4-12(13)15/h2-4,10H,5-9H2,1H3,(H,17,18). The molecule has 0 atom stereocenters. The number of carbonyl (C=O) groups is 1. The largest absolute Gasteiger partial charge is 0.478 e. The number of aromatic carboxylic acids is 1. The smallest absolute Gasteiger partial charge is 0.337 e. The van der Waals surface area contributed by atoms with Crippen LogP contribution >= 0.6 is 0 Å². The molecule has 0 aromatic heterocycles. The predicted molar refractivity (Wildman–Crippen MR) is 70.2 cm³/mol. The van der Waals surface area contributed by atoms with Crippen LogP contribution in [0.5, 0.6) is 0 Å². The lowest BCUT2D eigenvalue weighted by atomic mass is 10.1. The molecule has 0 heterocycles. The third kappa shape index (κ3) is 3.67. The van der Waals surface area contributed by atoms with Crippen LogP contribution in [0.1, 0.15) is 23.2 Å². The van der Waals surface area contributed by atoms with Crippen LogP contribution in [-0.4, -0.2) is 37.9 Å². The number of benzene rings is 1. The van der Waals surface area contributed by atoms with Crippen LogP contribution in [0.2, 0.25) is 0 Å². The fourth-order valence-electron chi connectivity index (χ4n) is 1.92. The Labute approximate surface area is 111 Å². The number of halogens is 1. The molecule has 0 unspecified atom stereocenters. The van der Waals surface area contributed by atoms with Gasteiger partial charge in [-0.15, -0.1) is 0 Å². The highest BCUT2D eigenvalue weighted by Gasteiger charge is 2.21. The molecule has 1 saturated carbocycles. The van der Waals surface area contributed by atoms with Gasteiger partial charge in [-0.1, -0.05) is 6.07 Å². The number of ether oxygens (including phenoxy) is 1. The zero-order valence-electron chi connectivity index (χ0n) is 10.9. The SMILES string of the molecule is CN(CCOCC1CC1)c1c(F)cccc1C(=O)O. The third-order valence-electron chi connectivity index (χ3n) is 3.22. The van der Waals surface area contributed by atoms with Crippen LogP contribution in [0.25, 0.3) is 0 Å². The van der Waals surface area contributed by atoms with E-state index in [0.717, 1.165) is 6.61 Å². The first-order valence-electron chi connectivity index (χ1n) is 6.40. The van der Waals surface area contributed by atoms with E-state index in [1.165, 1.54) is 31.0 Å². The van der Waals surface area contributed by atoms with Crippen LogP contribution in [0.4, 0.5) is 10.1 Å². The van der Waals surface area contributed by atoms with Crippen molar-refractivity contribution in [1.82, 2.24) is 0 Å². The fourth-order valence-corrected chi connectivity index (χ4v) is 1.92. The Kier molecular flexibility index (Phi) is 4.37. The van der Waals surface area contributed by atoms with Gasteiger partial charge in [0.15, 0.2) is 0 Å². The fraction of sp³-hybridized carbons (Fsp3) is 0.500. The molecule has 1 aliphatic rings. The Hall–Kier alpha value is -1.62. The molecule has 0 radical (unpaired) electrons. The minimum Gasteiger partial charge on any atom is -0.478 e. The highest BCUT2D eigenvalue weighted by molar-refractivity contribution is 5.94. The van der Waals surface area contributed by atoms with E-state index in [0.29, 0.717) is 19.1 Å². The van der Waals surface area contributed by atoms with Gasteiger partial charge in [0.2, 0.25) is 0 Å². The van der Waals surface area contributed by atoms with Gasteiger partial charge in [-0.2, -0.15) is 0 Å². The van der Waals surface area contributed by atoms with Gasteiger partial charge in [0.25, 0.3) is 0 Å². The number of carboxylic acid groups (broad SMARTS) is 1. The second kappa shape index (κ2) is 6.02. The monoisotopic (exact) mass is 267 g/mol. The number of likely N-dealkylation sites (N-methyl/N-ethyl adjacent to an activating group) is 1. The first-order chi connectivity index (χ1) is 9.09. The molecule has 1 N–H and O–H groups in total. The van der Waals surface area contributed by atoms with Gasteiger partial charge in [0.1, 0.15) is 5.82 Å². The number of rotatable bonds is 7. The second-order valence-corrected chi connectivity index (χ2v) is 4.88. The van der Waals surface area contributed by atoms with Crippen molar-refractivity contribution in [3.8, 4) is 0 Å². The molecule has 0 spiro atoms. The zero-order chi connectivity index (χ0) is 13.8. The van der Waals surface area contributed by atoms with Crippen molar-refractivity contribution in [3.05, 3.63) is 29.6 Å². The molecule has 1 aliphatic carbocycles. The first kappa shape index (κ1) is 13.8. The minimum atomic E-state index is -1.12. The topological polar surface area (TPSA) is 49.8 Å². The van der Waals surface area contributed by atoms with E-state index in [2.05, 4.69) is 0 Å². The second-order valence-electron chi connectivity index (χ2n) is 4.88. The summed E-state index contributed by atoms with van der Waals surface area (Å²) >= 11 is 0. The summed E-state index contributed by atoms with van der Waals surface area (Å²) in [6.45, 7) is 1.69. The Balaban J connectivity index is 1.96. The normalized spacial score (nSPS) is 14.4. The molecule has 0 amide bonds. The number of para-hydroxylation sites is 1. The Morgan fingerprint density at radius 2 is 2.26 bits per heavy atom. The lowest BCUT2D eigenvalue weighted by Crippen LogP contribution is -2.26. The van der Waals surface area contributed by atoms with Crippen molar-refractivity contribution in [2.75, 3.05) is 31.7 Å². The van der Waals surface area contributed by atoms with Gasteiger partial charge in [0.05, 0.1) is 17.9 Å². The number of nitrogens with zero attached hydrogens (tertiary/aromatic N) is 1. The Morgan fingerprint density at radius 3 is 2.89 bits per heavy atom. The minimum absolute atomic E-state index is 0.0234. The summed E-state index contributed by atoms with van der Waals surface area (Å²) in [6, 6.07) is 4.07. The van der Waals surface area contributed by atoms with Crippen molar-refractivity contribution >= 4 is 11.7 Å². The van der Waals surface area contributed by atoms with E-state index in [4.69, 9.17) is 9.84 Å². The van der Waals surface area contributed by atoms with Gasteiger partial charge in [-0.25, -0.2) is 9.18 Å². The summed E-state index contributed by atoms with van der Waals surface area (Å²) in [7, 11) is 1.67. The molecule has 4 nitrogen and oxygen atoms in total. The Bertz CT molecular complexity index is 460. The first-order valence-corrected chi connectivity index (χ1v) is 6.40. The molecule has 1 fully saturated rings.